The molecule has 0 spiro atoms. The number of allylic oxidation sites excluding steroid dienone is 4. The first-order chi connectivity index (χ1) is 9.45. The van der Waals surface area contributed by atoms with Gasteiger partial charge in [-0.25, -0.2) is 8.78 Å². The number of halogens is 2. The highest BCUT2D eigenvalue weighted by atomic mass is 19.2. The zero-order valence-corrected chi connectivity index (χ0v) is 13.6. The average molecular weight is 284 g/mol. The van der Waals surface area contributed by atoms with Gasteiger partial charge in [-0.05, 0) is 56.9 Å². The summed E-state index contributed by atoms with van der Waals surface area (Å²) in [5.74, 6) is 0.171. The fraction of sp³-hybridized carbons (Fsp3) is 0.778. The Kier molecular flexibility index (Phi) is 7.47. The summed E-state index contributed by atoms with van der Waals surface area (Å²) in [6, 6.07) is 0. The lowest BCUT2D eigenvalue weighted by atomic mass is 9.80. The molecular formula is C18H30F2. The van der Waals surface area contributed by atoms with Gasteiger partial charge in [-0.15, -0.1) is 0 Å². The van der Waals surface area contributed by atoms with E-state index >= 15 is 0 Å². The van der Waals surface area contributed by atoms with Gasteiger partial charge in [0.15, 0.2) is 5.83 Å². The monoisotopic (exact) mass is 284 g/mol. The summed E-state index contributed by atoms with van der Waals surface area (Å²) in [5, 5.41) is 0. The first-order valence-electron chi connectivity index (χ1n) is 8.16. The molecule has 1 rings (SSSR count). The molecule has 1 aliphatic carbocycles. The van der Waals surface area contributed by atoms with Crippen LogP contribution in [0.15, 0.2) is 22.8 Å². The molecule has 2 unspecified atom stereocenters. The SMILES string of the molecule is CCCCC(C)CCC1CCC(/C(F)=C(\C)F)=C(C)C1. The third-order valence-corrected chi connectivity index (χ3v) is 4.60. The van der Waals surface area contributed by atoms with Gasteiger partial charge < -0.3 is 0 Å². The number of hydrogen-bond donors (Lipinski definition) is 0. The summed E-state index contributed by atoms with van der Waals surface area (Å²) in [7, 11) is 0. The van der Waals surface area contributed by atoms with Crippen molar-refractivity contribution in [3.05, 3.63) is 22.8 Å². The highest BCUT2D eigenvalue weighted by Gasteiger charge is 2.22. The minimum Gasteiger partial charge on any atom is -0.209 e. The van der Waals surface area contributed by atoms with Gasteiger partial charge in [-0.3, -0.25) is 0 Å². The molecule has 1 aliphatic rings. The number of hydrogen-bond acceptors (Lipinski definition) is 0. The molecule has 0 fully saturated rings. The largest absolute Gasteiger partial charge is 0.209 e. The molecule has 0 aromatic heterocycles. The molecular weight excluding hydrogens is 254 g/mol. The van der Waals surface area contributed by atoms with E-state index in [-0.39, 0.29) is 0 Å². The van der Waals surface area contributed by atoms with Crippen LogP contribution in [0, 0.1) is 11.8 Å². The average Bonchev–Trinajstić information content (AvgIpc) is 2.42. The molecule has 2 heteroatoms. The van der Waals surface area contributed by atoms with E-state index in [4.69, 9.17) is 0 Å². The normalized spacial score (nSPS) is 22.8. The summed E-state index contributed by atoms with van der Waals surface area (Å²) in [6.45, 7) is 7.74. The van der Waals surface area contributed by atoms with Crippen molar-refractivity contribution in [2.24, 2.45) is 11.8 Å². The lowest BCUT2D eigenvalue weighted by molar-refractivity contribution is 0.356. The van der Waals surface area contributed by atoms with E-state index in [0.717, 1.165) is 24.3 Å². The maximum Gasteiger partial charge on any atom is 0.157 e. The predicted molar refractivity (Wildman–Crippen MR) is 82.9 cm³/mol. The van der Waals surface area contributed by atoms with E-state index in [2.05, 4.69) is 13.8 Å². The summed E-state index contributed by atoms with van der Waals surface area (Å²) >= 11 is 0. The molecule has 0 bridgehead atoms. The van der Waals surface area contributed by atoms with E-state index in [1.807, 2.05) is 6.92 Å². The van der Waals surface area contributed by atoms with Crippen LogP contribution in [0.2, 0.25) is 0 Å². The Bertz CT molecular complexity index is 362. The minimum absolute atomic E-state index is 0.614. The molecule has 0 aliphatic heterocycles. The molecule has 0 saturated heterocycles. The Balaban J connectivity index is 2.46. The molecule has 0 heterocycles. The summed E-state index contributed by atoms with van der Waals surface area (Å²) in [6.07, 6.45) is 9.07. The Morgan fingerprint density at radius 2 is 2.00 bits per heavy atom. The Morgan fingerprint density at radius 1 is 1.30 bits per heavy atom. The Labute approximate surface area is 123 Å². The predicted octanol–water partition coefficient (Wildman–Crippen LogP) is 6.88. The van der Waals surface area contributed by atoms with Gasteiger partial charge in [0.05, 0.1) is 0 Å². The Hall–Kier alpha value is -0.660. The van der Waals surface area contributed by atoms with E-state index in [9.17, 15) is 8.78 Å². The first-order valence-corrected chi connectivity index (χ1v) is 8.16. The van der Waals surface area contributed by atoms with Crippen molar-refractivity contribution in [3.8, 4) is 0 Å². The molecule has 0 nitrogen and oxygen atoms in total. The van der Waals surface area contributed by atoms with Crippen LogP contribution in [0.1, 0.15) is 79.1 Å². The van der Waals surface area contributed by atoms with Gasteiger partial charge in [0.25, 0.3) is 0 Å². The van der Waals surface area contributed by atoms with Gasteiger partial charge in [-0.2, -0.15) is 0 Å². The smallest absolute Gasteiger partial charge is 0.157 e. The molecule has 0 aromatic rings. The topological polar surface area (TPSA) is 0 Å². The zero-order valence-electron chi connectivity index (χ0n) is 13.6. The van der Waals surface area contributed by atoms with Crippen molar-refractivity contribution < 1.29 is 8.78 Å². The van der Waals surface area contributed by atoms with E-state index in [0.29, 0.717) is 17.9 Å². The standard InChI is InChI=1S/C18H30F2/c1-5-6-7-13(2)8-9-16-10-11-17(14(3)12-16)18(20)15(4)19/h13,16H,5-12H2,1-4H3/b18-15-. The molecule has 2 atom stereocenters. The van der Waals surface area contributed by atoms with Crippen molar-refractivity contribution in [1.82, 2.24) is 0 Å². The molecule has 116 valence electrons. The van der Waals surface area contributed by atoms with Crippen molar-refractivity contribution in [1.29, 1.82) is 0 Å². The van der Waals surface area contributed by atoms with Gasteiger partial charge in [0.2, 0.25) is 0 Å². The minimum atomic E-state index is -0.675. The fourth-order valence-corrected chi connectivity index (χ4v) is 3.19. The van der Waals surface area contributed by atoms with Gasteiger partial charge >= 0.3 is 0 Å². The third-order valence-electron chi connectivity index (χ3n) is 4.60. The molecule has 0 radical (unpaired) electrons. The van der Waals surface area contributed by atoms with E-state index < -0.39 is 11.7 Å². The number of rotatable bonds is 7. The van der Waals surface area contributed by atoms with Crippen LogP contribution in [0.5, 0.6) is 0 Å². The molecule has 0 saturated carbocycles. The van der Waals surface area contributed by atoms with Crippen LogP contribution >= 0.6 is 0 Å². The summed E-state index contributed by atoms with van der Waals surface area (Å²) < 4.78 is 26.7. The molecule has 0 amide bonds. The van der Waals surface area contributed by atoms with Crippen LogP contribution in [-0.4, -0.2) is 0 Å². The van der Waals surface area contributed by atoms with Gasteiger partial charge in [-0.1, -0.05) is 45.1 Å². The quantitative estimate of drug-likeness (QED) is 0.478. The van der Waals surface area contributed by atoms with Crippen molar-refractivity contribution >= 4 is 0 Å². The highest BCUT2D eigenvalue weighted by molar-refractivity contribution is 5.33. The maximum absolute atomic E-state index is 13.7. The second-order valence-corrected chi connectivity index (χ2v) is 6.54. The fourth-order valence-electron chi connectivity index (χ4n) is 3.19. The lowest BCUT2D eigenvalue weighted by Crippen LogP contribution is -2.11. The van der Waals surface area contributed by atoms with Gasteiger partial charge in [0, 0.05) is 0 Å². The third kappa shape index (κ3) is 5.38. The molecule has 0 aromatic carbocycles. The van der Waals surface area contributed by atoms with Crippen LogP contribution in [0.25, 0.3) is 0 Å². The van der Waals surface area contributed by atoms with E-state index in [1.54, 1.807) is 0 Å². The van der Waals surface area contributed by atoms with Crippen molar-refractivity contribution in [2.45, 2.75) is 79.1 Å². The van der Waals surface area contributed by atoms with Gasteiger partial charge in [0.1, 0.15) is 5.83 Å². The number of unbranched alkanes of at least 4 members (excludes halogenated alkanes) is 1. The maximum atomic E-state index is 13.7. The second kappa shape index (κ2) is 8.59. The second-order valence-electron chi connectivity index (χ2n) is 6.54. The summed E-state index contributed by atoms with van der Waals surface area (Å²) in [4.78, 5) is 0. The van der Waals surface area contributed by atoms with Crippen LogP contribution < -0.4 is 0 Å². The van der Waals surface area contributed by atoms with E-state index in [1.165, 1.54) is 39.0 Å². The zero-order chi connectivity index (χ0) is 15.1. The first kappa shape index (κ1) is 17.4. The Morgan fingerprint density at radius 3 is 2.55 bits per heavy atom. The summed E-state index contributed by atoms with van der Waals surface area (Å²) in [5.41, 5.74) is 1.68. The van der Waals surface area contributed by atoms with Crippen molar-refractivity contribution in [2.75, 3.05) is 0 Å². The highest BCUT2D eigenvalue weighted by Crippen LogP contribution is 2.37. The van der Waals surface area contributed by atoms with Crippen molar-refractivity contribution in [3.63, 3.8) is 0 Å². The molecule has 0 N–H and O–H groups in total. The van der Waals surface area contributed by atoms with Crippen LogP contribution in [0.3, 0.4) is 0 Å². The van der Waals surface area contributed by atoms with Crippen LogP contribution in [0.4, 0.5) is 8.78 Å². The lowest BCUT2D eigenvalue weighted by Gasteiger charge is -2.26. The molecule has 20 heavy (non-hydrogen) atoms. The van der Waals surface area contributed by atoms with Crippen LogP contribution in [-0.2, 0) is 0 Å².